The van der Waals surface area contributed by atoms with E-state index in [1.54, 1.807) is 24.3 Å². The van der Waals surface area contributed by atoms with Gasteiger partial charge in [-0.15, -0.1) is 0 Å². The Hall–Kier alpha value is -5.55. The van der Waals surface area contributed by atoms with Crippen LogP contribution in [0.4, 0.5) is 11.6 Å². The number of amides is 1. The van der Waals surface area contributed by atoms with E-state index in [0.717, 1.165) is 22.3 Å². The summed E-state index contributed by atoms with van der Waals surface area (Å²) in [5.41, 5.74) is 11.6. The SMILES string of the molecule is CC(=O)Cl.CC(=O)Nc1cnc(-c2ccc(O)c(Cl)c2)c(-c2ccccc2)n1.Nc1cnc(-c2ccc(O)c(Cl)c2)c(-c2ccccc2)n1. The van der Waals surface area contributed by atoms with Gasteiger partial charge in [0.2, 0.25) is 11.1 Å². The van der Waals surface area contributed by atoms with Crippen LogP contribution in [0.1, 0.15) is 13.8 Å². The van der Waals surface area contributed by atoms with Crippen LogP contribution >= 0.6 is 34.8 Å². The van der Waals surface area contributed by atoms with Gasteiger partial charge in [-0.3, -0.25) is 19.6 Å². The summed E-state index contributed by atoms with van der Waals surface area (Å²) in [5, 5.41) is 21.9. The van der Waals surface area contributed by atoms with Crippen molar-refractivity contribution in [1.29, 1.82) is 0 Å². The largest absolute Gasteiger partial charge is 0.506 e. The van der Waals surface area contributed by atoms with Crippen molar-refractivity contribution in [2.45, 2.75) is 13.8 Å². The van der Waals surface area contributed by atoms with Gasteiger partial charge in [0, 0.05) is 36.1 Å². The molecule has 4 aromatic carbocycles. The Bertz CT molecular complexity index is 2080. The fourth-order valence-corrected chi connectivity index (χ4v) is 4.72. The van der Waals surface area contributed by atoms with Crippen molar-refractivity contribution in [3.63, 3.8) is 0 Å². The molecule has 0 atom stereocenters. The molecule has 6 aromatic rings. The zero-order chi connectivity index (χ0) is 35.5. The van der Waals surface area contributed by atoms with Crippen molar-refractivity contribution >= 4 is 57.6 Å². The Labute approximate surface area is 297 Å². The molecule has 0 saturated heterocycles. The van der Waals surface area contributed by atoms with Gasteiger partial charge in [0.25, 0.3) is 0 Å². The summed E-state index contributed by atoms with van der Waals surface area (Å²) in [6.07, 6.45) is 2.99. The molecule has 6 rings (SSSR count). The van der Waals surface area contributed by atoms with E-state index in [0.29, 0.717) is 34.4 Å². The third-order valence-electron chi connectivity index (χ3n) is 6.40. The number of carbonyl (C=O) groups is 2. The number of aromatic nitrogens is 4. The number of nitrogens with two attached hydrogens (primary N) is 1. The van der Waals surface area contributed by atoms with Crippen LogP contribution in [0, 0.1) is 0 Å². The quantitative estimate of drug-likeness (QED) is 0.128. The third-order valence-corrected chi connectivity index (χ3v) is 7.01. The molecule has 0 radical (unpaired) electrons. The summed E-state index contributed by atoms with van der Waals surface area (Å²) >= 11 is 16.6. The molecule has 0 fully saturated rings. The van der Waals surface area contributed by atoms with Gasteiger partial charge in [-0.2, -0.15) is 0 Å². The molecule has 0 aliphatic heterocycles. The van der Waals surface area contributed by atoms with Gasteiger partial charge >= 0.3 is 0 Å². The van der Waals surface area contributed by atoms with Crippen LogP contribution < -0.4 is 11.1 Å². The molecule has 0 aliphatic rings. The van der Waals surface area contributed by atoms with E-state index < -0.39 is 0 Å². The van der Waals surface area contributed by atoms with Crippen LogP contribution in [0.3, 0.4) is 0 Å². The molecule has 248 valence electrons. The molecule has 0 unspecified atom stereocenters. The molecule has 1 amide bonds. The lowest BCUT2D eigenvalue weighted by atomic mass is 10.0. The van der Waals surface area contributed by atoms with E-state index in [9.17, 15) is 19.8 Å². The van der Waals surface area contributed by atoms with Crippen molar-refractivity contribution < 1.29 is 19.8 Å². The number of hydrogen-bond acceptors (Lipinski definition) is 9. The van der Waals surface area contributed by atoms with Gasteiger partial charge in [0.05, 0.1) is 45.2 Å². The first-order chi connectivity index (χ1) is 23.4. The minimum absolute atomic E-state index is 0.00417. The summed E-state index contributed by atoms with van der Waals surface area (Å²) in [5.74, 6) is 0.538. The average Bonchev–Trinajstić information content (AvgIpc) is 3.08. The number of hydrogen-bond donors (Lipinski definition) is 4. The highest BCUT2D eigenvalue weighted by atomic mass is 35.5. The normalized spacial score (nSPS) is 10.1. The Balaban J connectivity index is 0.000000201. The Kier molecular flexibility index (Phi) is 12.6. The predicted molar refractivity (Wildman–Crippen MR) is 194 cm³/mol. The third kappa shape index (κ3) is 10.2. The summed E-state index contributed by atoms with van der Waals surface area (Å²) in [4.78, 5) is 38.2. The van der Waals surface area contributed by atoms with E-state index >= 15 is 0 Å². The second-order valence-electron chi connectivity index (χ2n) is 10.2. The number of phenolic OH excluding ortho intramolecular Hbond substituents is 2. The van der Waals surface area contributed by atoms with E-state index in [2.05, 4.69) is 36.9 Å². The zero-order valence-corrected chi connectivity index (χ0v) is 28.4. The molecule has 0 spiro atoms. The van der Waals surface area contributed by atoms with E-state index in [4.69, 9.17) is 28.9 Å². The van der Waals surface area contributed by atoms with Crippen LogP contribution in [-0.2, 0) is 9.59 Å². The van der Waals surface area contributed by atoms with Crippen molar-refractivity contribution in [3.05, 3.63) is 120 Å². The second-order valence-corrected chi connectivity index (χ2v) is 11.5. The fourth-order valence-electron chi connectivity index (χ4n) is 4.36. The Morgan fingerprint density at radius 2 is 1.06 bits per heavy atom. The maximum atomic E-state index is 11.3. The van der Waals surface area contributed by atoms with E-state index in [1.165, 1.54) is 38.4 Å². The summed E-state index contributed by atoms with van der Waals surface area (Å²) in [6, 6.07) is 29.0. The van der Waals surface area contributed by atoms with Crippen molar-refractivity contribution in [1.82, 2.24) is 19.9 Å². The molecule has 0 bridgehead atoms. The van der Waals surface area contributed by atoms with E-state index in [1.807, 2.05) is 60.7 Å². The highest BCUT2D eigenvalue weighted by molar-refractivity contribution is 6.62. The number of aromatic hydroxyl groups is 2. The lowest BCUT2D eigenvalue weighted by molar-refractivity contribution is -0.114. The summed E-state index contributed by atoms with van der Waals surface area (Å²) in [7, 11) is 0. The monoisotopic (exact) mass is 714 g/mol. The number of carbonyl (C=O) groups excluding carboxylic acids is 2. The summed E-state index contributed by atoms with van der Waals surface area (Å²) in [6.45, 7) is 2.71. The van der Waals surface area contributed by atoms with Crippen LogP contribution in [0.2, 0.25) is 10.0 Å². The first kappa shape index (κ1) is 36.3. The molecule has 5 N–H and O–H groups in total. The Morgan fingerprint density at radius 3 is 1.49 bits per heavy atom. The number of nitrogens with one attached hydrogen (secondary N) is 1. The molecule has 49 heavy (non-hydrogen) atoms. The van der Waals surface area contributed by atoms with Crippen LogP contribution in [-0.4, -0.2) is 41.3 Å². The predicted octanol–water partition coefficient (Wildman–Crippen LogP) is 8.65. The standard InChI is InChI=1S/C18H14ClN3O2.C16H12ClN3O.C2H3ClO/c1-11(23)21-16-10-20-17(13-7-8-15(24)14(19)9-13)18(22-16)12-5-3-2-4-6-12;17-12-8-11(6-7-13(12)21)15-16(20-14(18)9-19-15)10-4-2-1-3-5-10;1-2(3)4/h2-10,24H,1H3,(H,21,22,23);1-9,21H,(H2,18,20);1H3. The van der Waals surface area contributed by atoms with Crippen molar-refractivity contribution in [3.8, 4) is 56.5 Å². The van der Waals surface area contributed by atoms with Gasteiger partial charge in [-0.05, 0) is 48.0 Å². The maximum absolute atomic E-state index is 11.3. The molecule has 13 heteroatoms. The van der Waals surface area contributed by atoms with Crippen molar-refractivity contribution in [2.75, 3.05) is 11.1 Å². The summed E-state index contributed by atoms with van der Waals surface area (Å²) < 4.78 is 0. The molecular formula is C36H29Cl3N6O4. The lowest BCUT2D eigenvalue weighted by Crippen LogP contribution is -2.09. The number of rotatable bonds is 5. The minimum atomic E-state index is -0.361. The maximum Gasteiger partial charge on any atom is 0.222 e. The lowest BCUT2D eigenvalue weighted by Gasteiger charge is -2.11. The van der Waals surface area contributed by atoms with Crippen LogP contribution in [0.15, 0.2) is 109 Å². The smallest absolute Gasteiger partial charge is 0.222 e. The van der Waals surface area contributed by atoms with E-state index in [-0.39, 0.29) is 32.7 Å². The second kappa shape index (κ2) is 17.0. The molecule has 2 heterocycles. The highest BCUT2D eigenvalue weighted by Crippen LogP contribution is 2.35. The fraction of sp³-hybridized carbons (Fsp3) is 0.0556. The zero-order valence-electron chi connectivity index (χ0n) is 26.1. The molecule has 2 aromatic heterocycles. The average molecular weight is 716 g/mol. The van der Waals surface area contributed by atoms with Crippen LogP contribution in [0.25, 0.3) is 45.0 Å². The molecule has 10 nitrogen and oxygen atoms in total. The van der Waals surface area contributed by atoms with Gasteiger partial charge in [0.1, 0.15) is 17.3 Å². The van der Waals surface area contributed by atoms with Gasteiger partial charge in [-0.25, -0.2) is 9.97 Å². The molecule has 0 saturated carbocycles. The number of nitrogens with zero attached hydrogens (tertiary/aromatic N) is 4. The first-order valence-electron chi connectivity index (χ1n) is 14.4. The first-order valence-corrected chi connectivity index (χ1v) is 15.6. The van der Waals surface area contributed by atoms with Crippen LogP contribution in [0.5, 0.6) is 11.5 Å². The number of phenols is 2. The number of anilines is 2. The number of nitrogen functional groups attached to an aromatic ring is 1. The van der Waals surface area contributed by atoms with Gasteiger partial charge in [0.15, 0.2) is 5.82 Å². The number of benzene rings is 4. The minimum Gasteiger partial charge on any atom is -0.506 e. The van der Waals surface area contributed by atoms with Gasteiger partial charge in [-0.1, -0.05) is 83.9 Å². The van der Waals surface area contributed by atoms with Gasteiger partial charge < -0.3 is 21.3 Å². The Morgan fingerprint density at radius 1 is 0.633 bits per heavy atom. The topological polar surface area (TPSA) is 164 Å². The highest BCUT2D eigenvalue weighted by Gasteiger charge is 2.15. The molecule has 0 aliphatic carbocycles. The molecular weight excluding hydrogens is 687 g/mol. The number of halogens is 3. The van der Waals surface area contributed by atoms with Crippen molar-refractivity contribution in [2.24, 2.45) is 0 Å².